The fraction of sp³-hybridized carbons (Fsp3) is 0. The molecule has 83 heavy (non-hydrogen) atoms. The molecule has 10 nitrogen and oxygen atoms in total. The molecule has 4 aromatic heterocycles. The Bertz CT molecular complexity index is 4420. The molecule has 0 fully saturated rings. The summed E-state index contributed by atoms with van der Waals surface area (Å²) in [5, 5.41) is 23.5. The topological polar surface area (TPSA) is 144 Å². The molecule has 0 spiro atoms. The Morgan fingerprint density at radius 1 is 0.361 bits per heavy atom. The quantitative estimate of drug-likeness (QED) is 0.111. The van der Waals surface area contributed by atoms with Crippen LogP contribution in [0.15, 0.2) is 256 Å². The molecule has 10 aromatic carbocycles. The van der Waals surface area contributed by atoms with Crippen molar-refractivity contribution in [2.45, 2.75) is 0 Å². The number of aromatic nitrogens is 6. The van der Waals surface area contributed by atoms with E-state index in [9.17, 15) is 0 Å². The average molecular weight is 1410 g/mol. The molecule has 2 N–H and O–H groups in total. The molecular formula is C66H42B2BrCl2I2N6O4-. The molecule has 402 valence electrons. The van der Waals surface area contributed by atoms with Gasteiger partial charge in [-0.3, -0.25) is 0 Å². The summed E-state index contributed by atoms with van der Waals surface area (Å²) < 4.78 is 12.5. The molecule has 0 saturated carbocycles. The van der Waals surface area contributed by atoms with Crippen molar-refractivity contribution in [3.63, 3.8) is 0 Å². The van der Waals surface area contributed by atoms with E-state index >= 15 is 0 Å². The van der Waals surface area contributed by atoms with Crippen LogP contribution in [-0.2, 0) is 0 Å². The van der Waals surface area contributed by atoms with Crippen LogP contribution >= 0.6 is 57.7 Å². The summed E-state index contributed by atoms with van der Waals surface area (Å²) in [6.07, 6.45) is 0. The number of rotatable bonds is 8. The SMILES string of the molecule is Clc1cc(-c2ccc3oc4ccccc4c3c2)cc(-c2nc(-c3ccccc3)nc(-c3ccccc3)n2)c1.Clc1cc(Br)cc(-c2nc(-c3ccccc3)nc(-c3ccccc3)n2)c1.OB(O)c1ccc2oc3ccccc3c2c1.[B][I-]I. The van der Waals surface area contributed by atoms with Crippen molar-refractivity contribution < 1.29 is 35.9 Å². The van der Waals surface area contributed by atoms with Crippen LogP contribution in [0.5, 0.6) is 0 Å². The van der Waals surface area contributed by atoms with Gasteiger partial charge in [-0.1, -0.05) is 215 Å². The summed E-state index contributed by atoms with van der Waals surface area (Å²) in [4.78, 5) is 28.6. The van der Waals surface area contributed by atoms with E-state index in [1.54, 1.807) is 18.2 Å². The van der Waals surface area contributed by atoms with Crippen LogP contribution in [-0.4, -0.2) is 52.8 Å². The minimum absolute atomic E-state index is 0.0600. The summed E-state index contributed by atoms with van der Waals surface area (Å²) in [7, 11) is -1.45. The van der Waals surface area contributed by atoms with Gasteiger partial charge in [0.25, 0.3) is 0 Å². The van der Waals surface area contributed by atoms with Gasteiger partial charge in [0.05, 0.1) is 0 Å². The molecule has 14 aromatic rings. The Hall–Kier alpha value is -7.61. The Morgan fingerprint density at radius 3 is 1.12 bits per heavy atom. The van der Waals surface area contributed by atoms with E-state index in [1.165, 1.54) is 0 Å². The number of hydrogen-bond acceptors (Lipinski definition) is 10. The van der Waals surface area contributed by atoms with Gasteiger partial charge >= 0.3 is 48.5 Å². The van der Waals surface area contributed by atoms with Gasteiger partial charge in [0, 0.05) is 69.4 Å². The van der Waals surface area contributed by atoms with Crippen LogP contribution in [0.3, 0.4) is 0 Å². The predicted octanol–water partition coefficient (Wildman–Crippen LogP) is 14.2. The number of fused-ring (bicyclic) bond motifs is 6. The fourth-order valence-corrected chi connectivity index (χ4v) is 10.3. The first-order chi connectivity index (χ1) is 40.6. The van der Waals surface area contributed by atoms with Gasteiger partial charge in [0.2, 0.25) is 0 Å². The first-order valence-corrected chi connectivity index (χ1v) is 34.8. The Kier molecular flexibility index (Phi) is 18.4. The normalized spacial score (nSPS) is 10.9. The third-order valence-corrected chi connectivity index (χ3v) is 14.0. The van der Waals surface area contributed by atoms with Crippen molar-refractivity contribution in [3.05, 3.63) is 257 Å². The van der Waals surface area contributed by atoms with Crippen LogP contribution in [0.4, 0.5) is 0 Å². The number of furan rings is 2. The van der Waals surface area contributed by atoms with Crippen molar-refractivity contribution in [3.8, 4) is 79.5 Å². The summed E-state index contributed by atoms with van der Waals surface area (Å²) >= 11 is 18.6. The van der Waals surface area contributed by atoms with E-state index in [0.29, 0.717) is 50.5 Å². The number of nitrogens with zero attached hydrogens (tertiary/aromatic N) is 6. The average Bonchev–Trinajstić information content (AvgIpc) is 4.35. The van der Waals surface area contributed by atoms with Gasteiger partial charge in [0.1, 0.15) is 22.3 Å². The summed E-state index contributed by atoms with van der Waals surface area (Å²) in [6.45, 7) is 0. The van der Waals surface area contributed by atoms with Crippen LogP contribution < -0.4 is 22.5 Å². The van der Waals surface area contributed by atoms with Crippen molar-refractivity contribution >= 4 is 120 Å². The maximum atomic E-state index is 9.12. The first kappa shape index (κ1) is 57.2. The van der Waals surface area contributed by atoms with E-state index < -0.39 is 7.12 Å². The number of para-hydroxylation sites is 2. The molecule has 14 rings (SSSR count). The van der Waals surface area contributed by atoms with Crippen molar-refractivity contribution in [2.75, 3.05) is 0 Å². The van der Waals surface area contributed by atoms with E-state index in [0.717, 1.165) is 92.9 Å². The maximum absolute atomic E-state index is 9.12. The number of halogens is 5. The molecule has 0 amide bonds. The summed E-state index contributed by atoms with van der Waals surface area (Å²) in [6, 6.07) is 78.3. The zero-order valence-electron chi connectivity index (χ0n) is 43.5. The number of hydrogen-bond donors (Lipinski definition) is 2. The van der Waals surface area contributed by atoms with E-state index in [1.807, 2.05) is 200 Å². The fourth-order valence-electron chi connectivity index (χ4n) is 9.25. The molecule has 0 aliphatic heterocycles. The van der Waals surface area contributed by atoms with Gasteiger partial charge < -0.3 is 18.9 Å². The van der Waals surface area contributed by atoms with Crippen LogP contribution in [0.25, 0.3) is 123 Å². The van der Waals surface area contributed by atoms with Crippen molar-refractivity contribution in [1.29, 1.82) is 0 Å². The molecule has 0 aliphatic rings. The molecule has 0 aliphatic carbocycles. The molecule has 4 heterocycles. The predicted molar refractivity (Wildman–Crippen MR) is 346 cm³/mol. The molecule has 0 bridgehead atoms. The molecule has 17 heteroatoms. The van der Waals surface area contributed by atoms with Gasteiger partial charge in [-0.2, -0.15) is 0 Å². The van der Waals surface area contributed by atoms with Gasteiger partial charge in [-0.25, -0.2) is 29.9 Å². The van der Waals surface area contributed by atoms with Crippen LogP contribution in [0, 0.1) is 0 Å². The first-order valence-electron chi connectivity index (χ1n) is 25.7. The van der Waals surface area contributed by atoms with E-state index in [4.69, 9.17) is 62.7 Å². The second-order valence-electron chi connectivity index (χ2n) is 18.6. The Morgan fingerprint density at radius 2 is 0.699 bits per heavy atom. The van der Waals surface area contributed by atoms with Crippen LogP contribution in [0.2, 0.25) is 10.0 Å². The standard InChI is InChI=1S/C33H20ClN3O.C21H13BrClN3.C12H9BO3.BI2/c34-26-18-24(23-15-16-30-28(20-23)27-13-7-8-14-29(27)38-30)17-25(19-26)33-36-31(21-9-3-1-4-10-21)35-32(37-33)22-11-5-2-6-12-22;22-17-11-16(12-18(23)13-17)21-25-19(14-7-3-1-4-8-14)24-20(26-21)15-9-5-2-6-10-15;14-13(15)8-5-6-12-10(7-8)9-3-1-2-4-11(9)16-12;1-3-2/h1-20H;1-13H;1-7,14-15H;/q;;;-1. The van der Waals surface area contributed by atoms with Crippen molar-refractivity contribution in [1.82, 2.24) is 29.9 Å². The Balaban J connectivity index is 0.000000138. The number of benzene rings is 10. The molecule has 2 radical (unpaired) electrons. The molecule has 0 atom stereocenters. The monoisotopic (exact) mass is 1410 g/mol. The second-order valence-corrected chi connectivity index (χ2v) is 24.0. The zero-order valence-corrected chi connectivity index (χ0v) is 50.9. The molecule has 0 unspecified atom stereocenters. The van der Waals surface area contributed by atoms with Crippen LogP contribution in [0.1, 0.15) is 0 Å². The third kappa shape index (κ3) is 13.7. The Labute approximate surface area is 517 Å². The molecule has 0 saturated heterocycles. The second kappa shape index (κ2) is 26.7. The van der Waals surface area contributed by atoms with E-state index in [-0.39, 0.29) is 17.0 Å². The van der Waals surface area contributed by atoms with Gasteiger partial charge in [-0.05, 0) is 83.3 Å². The van der Waals surface area contributed by atoms with Crippen molar-refractivity contribution in [2.24, 2.45) is 0 Å². The third-order valence-electron chi connectivity index (χ3n) is 13.1. The summed E-state index contributed by atoms with van der Waals surface area (Å²) in [5.74, 6) is 3.64. The van der Waals surface area contributed by atoms with Gasteiger partial charge in [0.15, 0.2) is 34.9 Å². The van der Waals surface area contributed by atoms with Gasteiger partial charge in [-0.15, -0.1) is 0 Å². The minimum atomic E-state index is -1.45. The van der Waals surface area contributed by atoms with E-state index in [2.05, 4.69) is 73.8 Å². The zero-order chi connectivity index (χ0) is 57.2. The molecular weight excluding hydrogens is 1370 g/mol. The summed E-state index contributed by atoms with van der Waals surface area (Å²) in [5.41, 5.74) is 16.1.